The van der Waals surface area contributed by atoms with E-state index in [1.165, 1.54) is 48.7 Å². The predicted octanol–water partition coefficient (Wildman–Crippen LogP) is 4.26. The standard InChI is InChI=1S/C37H48ClN3O10S/c1-20(2)52-19-31(45)40(7)23(5)34(46)50-29-15-30(44)41(8)27-14-24(13-25(17-42)32(27)38)12-21(3)10-9-11-26(18-43)37(48)16-28(49-35(47)39-37)22(4)33-36(29,6)51-33/h9-11,13-14,17-18,20,22-23,26,28-29,33,48H,12,15-16,19H2,1-8H3,(H,39,47)/b11-9+,21-10+. The number of nitrogens with zero attached hydrogens (tertiary/aromatic N) is 2. The Labute approximate surface area is 313 Å². The Hall–Kier alpha value is -3.72. The average Bonchev–Trinajstić information content (AvgIpc) is 3.79. The van der Waals surface area contributed by atoms with Crippen molar-refractivity contribution in [2.75, 3.05) is 24.7 Å². The first-order chi connectivity index (χ1) is 24.3. The van der Waals surface area contributed by atoms with Crippen LogP contribution in [0.1, 0.15) is 70.3 Å². The van der Waals surface area contributed by atoms with Gasteiger partial charge >= 0.3 is 12.1 Å². The van der Waals surface area contributed by atoms with E-state index in [9.17, 15) is 33.9 Å². The zero-order valence-electron chi connectivity index (χ0n) is 30.7. The summed E-state index contributed by atoms with van der Waals surface area (Å²) in [4.78, 5) is 80.2. The zero-order chi connectivity index (χ0) is 38.7. The monoisotopic (exact) mass is 761 g/mol. The molecule has 3 heterocycles. The lowest BCUT2D eigenvalue weighted by atomic mass is 9.82. The Morgan fingerprint density at radius 2 is 1.94 bits per heavy atom. The van der Waals surface area contributed by atoms with E-state index >= 15 is 0 Å². The fraction of sp³-hybridized carbons (Fsp3) is 0.568. The number of carbonyl (C=O) groups is 6. The maximum absolute atomic E-state index is 14.0. The van der Waals surface area contributed by atoms with Gasteiger partial charge in [0.05, 0.1) is 34.9 Å². The van der Waals surface area contributed by atoms with Crippen molar-refractivity contribution in [1.82, 2.24) is 10.2 Å². The second-order valence-electron chi connectivity index (χ2n) is 14.3. The molecule has 15 heteroatoms. The molecule has 52 heavy (non-hydrogen) atoms. The van der Waals surface area contributed by atoms with Gasteiger partial charge in [0.1, 0.15) is 30.1 Å². The number of carbonyl (C=O) groups excluding carboxylic acids is 6. The molecular weight excluding hydrogens is 714 g/mol. The highest BCUT2D eigenvalue weighted by Crippen LogP contribution is 2.49. The summed E-state index contributed by atoms with van der Waals surface area (Å²) in [6, 6.07) is 2.30. The van der Waals surface area contributed by atoms with Crippen LogP contribution in [0.2, 0.25) is 5.02 Å². The van der Waals surface area contributed by atoms with Crippen molar-refractivity contribution in [3.63, 3.8) is 0 Å². The molecule has 8 atom stereocenters. The molecule has 1 aromatic rings. The first-order valence-corrected chi connectivity index (χ1v) is 18.6. The molecular formula is C37H48ClN3O10S. The Bertz CT molecular complexity index is 1650. The molecule has 2 saturated heterocycles. The molecule has 284 valence electrons. The Morgan fingerprint density at radius 1 is 1.25 bits per heavy atom. The van der Waals surface area contributed by atoms with Gasteiger partial charge in [0.2, 0.25) is 11.8 Å². The molecule has 0 aliphatic carbocycles. The van der Waals surface area contributed by atoms with Crippen LogP contribution in [-0.2, 0) is 39.8 Å². The van der Waals surface area contributed by atoms with Gasteiger partial charge in [-0.1, -0.05) is 56.2 Å². The normalized spacial score (nSPS) is 31.6. The van der Waals surface area contributed by atoms with Crippen LogP contribution in [0.4, 0.5) is 10.5 Å². The van der Waals surface area contributed by atoms with Crippen LogP contribution < -0.4 is 10.2 Å². The van der Waals surface area contributed by atoms with Crippen molar-refractivity contribution in [2.24, 2.45) is 11.8 Å². The van der Waals surface area contributed by atoms with Crippen molar-refractivity contribution >= 4 is 65.5 Å². The van der Waals surface area contributed by atoms with Crippen LogP contribution in [0.25, 0.3) is 0 Å². The van der Waals surface area contributed by atoms with Crippen LogP contribution in [0.3, 0.4) is 0 Å². The van der Waals surface area contributed by atoms with Gasteiger partial charge in [-0.25, -0.2) is 9.59 Å². The summed E-state index contributed by atoms with van der Waals surface area (Å²) in [5.74, 6) is -3.12. The number of anilines is 1. The van der Waals surface area contributed by atoms with Gasteiger partial charge in [-0.15, -0.1) is 11.8 Å². The number of halogens is 1. The molecule has 3 amide bonds. The number of hydrogen-bond donors (Lipinski definition) is 2. The number of likely N-dealkylation sites (N-methyl/N-ethyl adjacent to an activating group) is 1. The highest BCUT2D eigenvalue weighted by atomic mass is 35.5. The molecule has 0 spiro atoms. The number of alkyl carbamates (subject to hydrolysis) is 1. The number of aliphatic hydroxyl groups is 1. The summed E-state index contributed by atoms with van der Waals surface area (Å²) in [6.07, 6.45) is 1.96. The van der Waals surface area contributed by atoms with E-state index < -0.39 is 65.5 Å². The molecule has 0 aromatic heterocycles. The number of epoxide rings is 1. The fourth-order valence-corrected chi connectivity index (χ4v) is 7.44. The molecule has 0 saturated carbocycles. The number of aldehydes is 2. The van der Waals surface area contributed by atoms with Crippen LogP contribution in [0, 0.1) is 11.8 Å². The van der Waals surface area contributed by atoms with Crippen molar-refractivity contribution in [2.45, 2.75) is 102 Å². The van der Waals surface area contributed by atoms with Gasteiger partial charge < -0.3 is 33.9 Å². The summed E-state index contributed by atoms with van der Waals surface area (Å²) in [6.45, 7) is 10.7. The van der Waals surface area contributed by atoms with E-state index in [2.05, 4.69) is 5.32 Å². The quantitative estimate of drug-likeness (QED) is 0.220. The molecule has 0 radical (unpaired) electrons. The number of rotatable bonds is 8. The van der Waals surface area contributed by atoms with Gasteiger partial charge in [0.15, 0.2) is 12.0 Å². The third kappa shape index (κ3) is 9.07. The molecule has 1 aromatic carbocycles. The van der Waals surface area contributed by atoms with E-state index in [1.807, 2.05) is 20.8 Å². The molecule has 4 bridgehead atoms. The van der Waals surface area contributed by atoms with Crippen molar-refractivity contribution < 1.29 is 48.1 Å². The second-order valence-corrected chi connectivity index (χ2v) is 16.2. The minimum absolute atomic E-state index is 0.0626. The number of fused-ring (bicyclic) bond motifs is 5. The minimum atomic E-state index is -1.99. The number of allylic oxidation sites excluding steroid dienone is 3. The summed E-state index contributed by atoms with van der Waals surface area (Å²) >= 11 is 8.06. The lowest BCUT2D eigenvalue weighted by Gasteiger charge is -2.41. The van der Waals surface area contributed by atoms with E-state index in [-0.39, 0.29) is 46.0 Å². The van der Waals surface area contributed by atoms with Crippen LogP contribution in [-0.4, -0.2) is 107 Å². The Kier molecular flexibility index (Phi) is 13.0. The maximum atomic E-state index is 14.0. The van der Waals surface area contributed by atoms with E-state index in [0.29, 0.717) is 24.6 Å². The first-order valence-electron chi connectivity index (χ1n) is 17.1. The molecule has 8 unspecified atom stereocenters. The van der Waals surface area contributed by atoms with Gasteiger partial charge in [-0.2, -0.15) is 0 Å². The second kappa shape index (κ2) is 16.5. The number of ether oxygens (including phenoxy) is 3. The van der Waals surface area contributed by atoms with Gasteiger partial charge in [-0.05, 0) is 50.1 Å². The summed E-state index contributed by atoms with van der Waals surface area (Å²) < 4.78 is 17.8. The topological polar surface area (TPSA) is 172 Å². The maximum Gasteiger partial charge on any atom is 0.409 e. The Morgan fingerprint density at radius 3 is 2.58 bits per heavy atom. The average molecular weight is 762 g/mol. The minimum Gasteiger partial charge on any atom is -0.457 e. The first kappa shape index (κ1) is 41.0. The lowest BCUT2D eigenvalue weighted by Crippen LogP contribution is -2.61. The zero-order valence-corrected chi connectivity index (χ0v) is 32.3. The molecule has 13 nitrogen and oxygen atoms in total. The Balaban J connectivity index is 1.76. The molecule has 2 N–H and O–H groups in total. The molecule has 2 fully saturated rings. The van der Waals surface area contributed by atoms with Crippen LogP contribution >= 0.6 is 23.4 Å². The number of amides is 3. The summed E-state index contributed by atoms with van der Waals surface area (Å²) in [5.41, 5.74) is -1.36. The molecule has 4 rings (SSSR count). The predicted molar refractivity (Wildman–Crippen MR) is 196 cm³/mol. The largest absolute Gasteiger partial charge is 0.457 e. The number of hydrogen-bond acceptors (Lipinski definition) is 11. The number of benzene rings is 1. The number of thioether (sulfide) groups is 1. The van der Waals surface area contributed by atoms with Gasteiger partial charge in [-0.3, -0.25) is 19.7 Å². The summed E-state index contributed by atoms with van der Waals surface area (Å²) in [7, 11) is 3.01. The number of esters is 1. The molecule has 3 aliphatic heterocycles. The van der Waals surface area contributed by atoms with Gasteiger partial charge in [0, 0.05) is 32.0 Å². The van der Waals surface area contributed by atoms with E-state index in [1.54, 1.807) is 38.1 Å². The van der Waals surface area contributed by atoms with Gasteiger partial charge in [0.25, 0.3) is 0 Å². The smallest absolute Gasteiger partial charge is 0.409 e. The van der Waals surface area contributed by atoms with E-state index in [4.69, 9.17) is 25.8 Å². The highest BCUT2D eigenvalue weighted by molar-refractivity contribution is 8.00. The van der Waals surface area contributed by atoms with E-state index in [0.717, 1.165) is 5.57 Å². The lowest BCUT2D eigenvalue weighted by molar-refractivity contribution is -0.161. The molecule has 3 aliphatic rings. The number of nitrogens with one attached hydrogen (secondary N) is 1. The van der Waals surface area contributed by atoms with Crippen LogP contribution in [0.5, 0.6) is 0 Å². The van der Waals surface area contributed by atoms with Crippen molar-refractivity contribution in [3.8, 4) is 0 Å². The van der Waals surface area contributed by atoms with Crippen LogP contribution in [0.15, 0.2) is 35.9 Å². The SMILES string of the molecule is C/C1=C\C=C\C(C=O)C2(O)CC(OC(=O)N2)C(C)C2OC2(C)C(OC(=O)C(C)N(C)C(=O)CSC(C)C)CC(=O)N(C)c2cc(cc(C=O)c2Cl)C1. The fourth-order valence-electron chi connectivity index (χ4n) is 6.48. The summed E-state index contributed by atoms with van der Waals surface area (Å²) in [5, 5.41) is 14.3. The third-order valence-electron chi connectivity index (χ3n) is 10.0. The van der Waals surface area contributed by atoms with Crippen molar-refractivity contribution in [1.29, 1.82) is 0 Å². The highest BCUT2D eigenvalue weighted by Gasteiger charge is 2.64. The third-order valence-corrected chi connectivity index (χ3v) is 11.5. The van der Waals surface area contributed by atoms with Crippen molar-refractivity contribution in [3.05, 3.63) is 52.1 Å².